The van der Waals surface area contributed by atoms with E-state index in [1.54, 1.807) is 0 Å². The fraction of sp³-hybridized carbons (Fsp3) is 0.818. The molecule has 1 N–H and O–H groups in total. The molecule has 5 nitrogen and oxygen atoms in total. The Kier molecular flexibility index (Phi) is 5.25. The number of nitrogens with zero attached hydrogens (tertiary/aromatic N) is 1. The second kappa shape index (κ2) is 6.48. The molecule has 0 aliphatic carbocycles. The van der Waals surface area contributed by atoms with Gasteiger partial charge in [-0.25, -0.2) is 0 Å². The first-order chi connectivity index (χ1) is 7.67. The fourth-order valence-electron chi connectivity index (χ4n) is 1.90. The highest BCUT2D eigenvalue weighted by Crippen LogP contribution is 2.11. The first-order valence-corrected chi connectivity index (χ1v) is 5.73. The summed E-state index contributed by atoms with van der Waals surface area (Å²) in [5.74, 6) is 0.115. The predicted molar refractivity (Wildman–Crippen MR) is 59.9 cm³/mol. The summed E-state index contributed by atoms with van der Waals surface area (Å²) in [5, 5.41) is 2.90. The Morgan fingerprint density at radius 1 is 1.38 bits per heavy atom. The topological polar surface area (TPSA) is 58.6 Å². The molecule has 0 spiro atoms. The van der Waals surface area contributed by atoms with E-state index >= 15 is 0 Å². The Morgan fingerprint density at radius 2 is 2.00 bits per heavy atom. The Morgan fingerprint density at radius 3 is 2.50 bits per heavy atom. The molecule has 1 heterocycles. The molecule has 1 aliphatic heterocycles. The number of methoxy groups -OCH3 is 1. The maximum Gasteiger partial charge on any atom is 0.246 e. The van der Waals surface area contributed by atoms with Crippen molar-refractivity contribution in [2.24, 2.45) is 0 Å². The number of hydrogen-bond acceptors (Lipinski definition) is 3. The van der Waals surface area contributed by atoms with Crippen molar-refractivity contribution in [3.05, 3.63) is 0 Å². The van der Waals surface area contributed by atoms with Crippen molar-refractivity contribution in [2.75, 3.05) is 26.8 Å². The standard InChI is InChI=1S/C11H20N2O3/c1-3-11(15)13-6-4-9(5-7-13)12-10(14)8-16-2/h9H,3-8H2,1-2H3,(H,12,14). The van der Waals surface area contributed by atoms with Crippen LogP contribution < -0.4 is 5.32 Å². The lowest BCUT2D eigenvalue weighted by Crippen LogP contribution is -2.47. The van der Waals surface area contributed by atoms with Gasteiger partial charge in [0.25, 0.3) is 0 Å². The van der Waals surface area contributed by atoms with Gasteiger partial charge in [-0.05, 0) is 12.8 Å². The zero-order valence-electron chi connectivity index (χ0n) is 9.99. The van der Waals surface area contributed by atoms with E-state index in [1.807, 2.05) is 11.8 Å². The summed E-state index contributed by atoms with van der Waals surface area (Å²) < 4.78 is 4.75. The van der Waals surface area contributed by atoms with Gasteiger partial charge in [-0.15, -0.1) is 0 Å². The SMILES string of the molecule is CCC(=O)N1CCC(NC(=O)COC)CC1. The van der Waals surface area contributed by atoms with Gasteiger partial charge in [-0.2, -0.15) is 0 Å². The molecule has 0 unspecified atom stereocenters. The molecule has 0 aromatic carbocycles. The Bertz CT molecular complexity index is 248. The Hall–Kier alpha value is -1.10. The van der Waals surface area contributed by atoms with Crippen LogP contribution >= 0.6 is 0 Å². The molecule has 1 aliphatic rings. The molecule has 0 radical (unpaired) electrons. The second-order valence-corrected chi connectivity index (χ2v) is 4.01. The van der Waals surface area contributed by atoms with Crippen LogP contribution in [0.3, 0.4) is 0 Å². The van der Waals surface area contributed by atoms with Crippen LogP contribution in [0.2, 0.25) is 0 Å². The lowest BCUT2D eigenvalue weighted by molar-refractivity contribution is -0.132. The van der Waals surface area contributed by atoms with Crippen LogP contribution in [0.5, 0.6) is 0 Å². The molecular formula is C11H20N2O3. The van der Waals surface area contributed by atoms with E-state index in [1.165, 1.54) is 7.11 Å². The molecular weight excluding hydrogens is 208 g/mol. The van der Waals surface area contributed by atoms with E-state index in [9.17, 15) is 9.59 Å². The maximum atomic E-state index is 11.4. The van der Waals surface area contributed by atoms with Crippen molar-refractivity contribution in [3.8, 4) is 0 Å². The van der Waals surface area contributed by atoms with Crippen molar-refractivity contribution in [2.45, 2.75) is 32.2 Å². The number of hydrogen-bond donors (Lipinski definition) is 1. The Labute approximate surface area is 96.1 Å². The number of carbonyl (C=O) groups excluding carboxylic acids is 2. The molecule has 0 saturated carbocycles. The monoisotopic (exact) mass is 228 g/mol. The van der Waals surface area contributed by atoms with Gasteiger partial charge in [0.05, 0.1) is 0 Å². The van der Waals surface area contributed by atoms with Crippen molar-refractivity contribution in [3.63, 3.8) is 0 Å². The zero-order valence-corrected chi connectivity index (χ0v) is 9.99. The lowest BCUT2D eigenvalue weighted by atomic mass is 10.0. The number of rotatable bonds is 4. The van der Waals surface area contributed by atoms with Gasteiger partial charge in [-0.3, -0.25) is 9.59 Å². The summed E-state index contributed by atoms with van der Waals surface area (Å²) >= 11 is 0. The molecule has 0 aromatic rings. The number of piperidine rings is 1. The van der Waals surface area contributed by atoms with Crippen molar-refractivity contribution < 1.29 is 14.3 Å². The average Bonchev–Trinajstić information content (AvgIpc) is 2.29. The number of nitrogens with one attached hydrogen (secondary N) is 1. The highest BCUT2D eigenvalue weighted by molar-refractivity contribution is 5.78. The number of amides is 2. The van der Waals surface area contributed by atoms with Gasteiger partial charge >= 0.3 is 0 Å². The summed E-state index contributed by atoms with van der Waals surface area (Å²) in [6.07, 6.45) is 2.23. The summed E-state index contributed by atoms with van der Waals surface area (Å²) in [6, 6.07) is 0.184. The zero-order chi connectivity index (χ0) is 12.0. The average molecular weight is 228 g/mol. The number of likely N-dealkylation sites (tertiary alicyclic amines) is 1. The van der Waals surface area contributed by atoms with Gasteiger partial charge in [0.1, 0.15) is 6.61 Å². The number of carbonyl (C=O) groups is 2. The first-order valence-electron chi connectivity index (χ1n) is 5.73. The van der Waals surface area contributed by atoms with Gasteiger partial charge in [0, 0.05) is 32.7 Å². The van der Waals surface area contributed by atoms with Gasteiger partial charge in [-0.1, -0.05) is 6.92 Å². The highest BCUT2D eigenvalue weighted by Gasteiger charge is 2.22. The number of ether oxygens (including phenoxy) is 1. The summed E-state index contributed by atoms with van der Waals surface area (Å²) in [5.41, 5.74) is 0. The maximum absolute atomic E-state index is 11.4. The van der Waals surface area contributed by atoms with Crippen LogP contribution in [0.15, 0.2) is 0 Å². The predicted octanol–water partition coefficient (Wildman–Crippen LogP) is 0.150. The highest BCUT2D eigenvalue weighted by atomic mass is 16.5. The molecule has 0 bridgehead atoms. The van der Waals surface area contributed by atoms with Gasteiger partial charge < -0.3 is 15.0 Å². The molecule has 1 saturated heterocycles. The lowest BCUT2D eigenvalue weighted by Gasteiger charge is -2.32. The molecule has 16 heavy (non-hydrogen) atoms. The molecule has 1 rings (SSSR count). The van der Waals surface area contributed by atoms with Crippen molar-refractivity contribution >= 4 is 11.8 Å². The van der Waals surface area contributed by atoms with E-state index in [0.29, 0.717) is 6.42 Å². The largest absolute Gasteiger partial charge is 0.375 e. The van der Waals surface area contributed by atoms with E-state index in [-0.39, 0.29) is 24.5 Å². The Balaban J connectivity index is 2.26. The molecule has 92 valence electrons. The van der Waals surface area contributed by atoms with E-state index in [4.69, 9.17) is 4.74 Å². The third kappa shape index (κ3) is 3.81. The van der Waals surface area contributed by atoms with E-state index < -0.39 is 0 Å². The van der Waals surface area contributed by atoms with Gasteiger partial charge in [0.2, 0.25) is 11.8 Å². The molecule has 0 aromatic heterocycles. The quantitative estimate of drug-likeness (QED) is 0.745. The van der Waals surface area contributed by atoms with Crippen LogP contribution in [-0.4, -0.2) is 49.6 Å². The van der Waals surface area contributed by atoms with Crippen LogP contribution in [-0.2, 0) is 14.3 Å². The normalized spacial score (nSPS) is 17.2. The summed E-state index contributed by atoms with van der Waals surface area (Å²) in [7, 11) is 1.50. The third-order valence-electron chi connectivity index (χ3n) is 2.79. The molecule has 1 fully saturated rings. The molecule has 5 heteroatoms. The van der Waals surface area contributed by atoms with Crippen LogP contribution in [0, 0.1) is 0 Å². The molecule has 0 atom stereocenters. The van der Waals surface area contributed by atoms with Gasteiger partial charge in [0.15, 0.2) is 0 Å². The fourth-order valence-corrected chi connectivity index (χ4v) is 1.90. The smallest absolute Gasteiger partial charge is 0.246 e. The van der Waals surface area contributed by atoms with Crippen molar-refractivity contribution in [1.29, 1.82) is 0 Å². The summed E-state index contributed by atoms with van der Waals surface area (Å²) in [4.78, 5) is 24.5. The van der Waals surface area contributed by atoms with Crippen LogP contribution in [0.4, 0.5) is 0 Å². The van der Waals surface area contributed by atoms with Crippen LogP contribution in [0.25, 0.3) is 0 Å². The third-order valence-corrected chi connectivity index (χ3v) is 2.79. The minimum absolute atomic E-state index is 0.0808. The second-order valence-electron chi connectivity index (χ2n) is 4.01. The van der Waals surface area contributed by atoms with Crippen LogP contribution in [0.1, 0.15) is 26.2 Å². The van der Waals surface area contributed by atoms with E-state index in [0.717, 1.165) is 25.9 Å². The van der Waals surface area contributed by atoms with E-state index in [2.05, 4.69) is 5.32 Å². The molecule has 2 amide bonds. The minimum Gasteiger partial charge on any atom is -0.375 e. The first kappa shape index (κ1) is 13.0. The van der Waals surface area contributed by atoms with Crippen molar-refractivity contribution in [1.82, 2.24) is 10.2 Å². The summed E-state index contributed by atoms with van der Waals surface area (Å²) in [6.45, 7) is 3.46. The minimum atomic E-state index is -0.0808.